The molecule has 0 aliphatic rings. The molecule has 6 heteroatoms. The molecule has 0 spiro atoms. The first-order chi connectivity index (χ1) is 36.5. The van der Waals surface area contributed by atoms with Crippen LogP contribution in [0.5, 0.6) is 0 Å². The number of hydrogen-bond acceptors (Lipinski definition) is 6. The molecule has 10 aromatic rings. The zero-order chi connectivity index (χ0) is 50.6. The molecule has 0 amide bonds. The van der Waals surface area contributed by atoms with E-state index in [2.05, 4.69) is 231 Å². The van der Waals surface area contributed by atoms with Gasteiger partial charge in [0.2, 0.25) is 0 Å². The average molecular weight is 1010 g/mol. The summed E-state index contributed by atoms with van der Waals surface area (Å²) in [5, 5.41) is 7.36. The minimum Gasteiger partial charge on any atom is -0.377 e. The van der Waals surface area contributed by atoms with E-state index in [9.17, 15) is 0 Å². The van der Waals surface area contributed by atoms with Crippen LogP contribution in [0, 0.1) is 0 Å². The maximum absolute atomic E-state index is 6.22. The van der Waals surface area contributed by atoms with Crippen LogP contribution in [0.2, 0.25) is 0 Å². The summed E-state index contributed by atoms with van der Waals surface area (Å²) in [6.45, 7) is 14.7. The van der Waals surface area contributed by atoms with Crippen molar-refractivity contribution >= 4 is 89.1 Å². The standard InChI is InChI=1S/C68H64N2O2S2/c1-5-14-51-29-37-57(38-30-51)69(59-41-33-53(34-42-59)16-13-45-71-46-54-25-21-49(7-3)22-26-54)67-63-19-11-9-17-61(63)65(73-67)66-62-18-10-12-20-64(62)68(74-66)70(58-39-31-52(15-6-2)32-40-58)60-43-35-56(36-44-60)48-72-47-55-27-23-50(8-4)24-28-55/h7-12,17-44H,3-6,13-16,45-48H2,1-2H3. The van der Waals surface area contributed by atoms with E-state index in [1.807, 2.05) is 34.8 Å². The number of hydrogen-bond donors (Lipinski definition) is 0. The lowest BCUT2D eigenvalue weighted by Crippen LogP contribution is -2.09. The molecular weight excluding hydrogens is 941 g/mol. The largest absolute Gasteiger partial charge is 0.377 e. The Morgan fingerprint density at radius 3 is 1.07 bits per heavy atom. The molecule has 74 heavy (non-hydrogen) atoms. The topological polar surface area (TPSA) is 24.9 Å². The highest BCUT2D eigenvalue weighted by molar-refractivity contribution is 7.28. The van der Waals surface area contributed by atoms with Crippen molar-refractivity contribution in [2.45, 2.75) is 72.2 Å². The summed E-state index contributed by atoms with van der Waals surface area (Å²) in [7, 11) is 0. The summed E-state index contributed by atoms with van der Waals surface area (Å²) < 4.78 is 12.3. The zero-order valence-corrected chi connectivity index (χ0v) is 44.3. The zero-order valence-electron chi connectivity index (χ0n) is 42.6. The van der Waals surface area contributed by atoms with E-state index in [4.69, 9.17) is 9.47 Å². The van der Waals surface area contributed by atoms with Gasteiger partial charge in [0.15, 0.2) is 0 Å². The number of benzene rings is 8. The fourth-order valence-electron chi connectivity index (χ4n) is 9.69. The van der Waals surface area contributed by atoms with E-state index < -0.39 is 0 Å². The molecule has 0 saturated carbocycles. The van der Waals surface area contributed by atoms with Gasteiger partial charge in [-0.25, -0.2) is 0 Å². The molecule has 0 N–H and O–H groups in total. The van der Waals surface area contributed by atoms with Crippen LogP contribution in [0.4, 0.5) is 32.8 Å². The molecule has 10 rings (SSSR count). The van der Waals surface area contributed by atoms with Crippen LogP contribution in [-0.4, -0.2) is 6.61 Å². The maximum atomic E-state index is 6.22. The smallest absolute Gasteiger partial charge is 0.109 e. The third kappa shape index (κ3) is 11.6. The number of fused-ring (bicyclic) bond motifs is 2. The van der Waals surface area contributed by atoms with Crippen LogP contribution in [0.1, 0.15) is 77.6 Å². The van der Waals surface area contributed by atoms with Gasteiger partial charge in [0.05, 0.1) is 29.6 Å². The molecule has 0 atom stereocenters. The molecule has 2 heterocycles. The van der Waals surface area contributed by atoms with Crippen LogP contribution in [0.3, 0.4) is 0 Å². The van der Waals surface area contributed by atoms with E-state index in [0.717, 1.165) is 83.5 Å². The molecule has 8 aromatic carbocycles. The number of anilines is 6. The predicted octanol–water partition coefficient (Wildman–Crippen LogP) is 19.8. The van der Waals surface area contributed by atoms with E-state index in [0.29, 0.717) is 26.4 Å². The summed E-state index contributed by atoms with van der Waals surface area (Å²) >= 11 is 3.77. The highest BCUT2D eigenvalue weighted by Crippen LogP contribution is 2.55. The summed E-state index contributed by atoms with van der Waals surface area (Å²) in [4.78, 5) is 7.47. The highest BCUT2D eigenvalue weighted by atomic mass is 32.1. The molecule has 0 fully saturated rings. The Morgan fingerprint density at radius 2 is 0.703 bits per heavy atom. The summed E-state index contributed by atoms with van der Waals surface area (Å²) in [6.07, 6.45) is 9.98. The third-order valence-corrected chi connectivity index (χ3v) is 16.2. The van der Waals surface area contributed by atoms with Gasteiger partial charge in [-0.05, 0) is 119 Å². The number of rotatable bonds is 23. The Morgan fingerprint density at radius 1 is 0.378 bits per heavy atom. The Kier molecular flexibility index (Phi) is 16.4. The van der Waals surface area contributed by atoms with E-state index >= 15 is 0 Å². The van der Waals surface area contributed by atoms with Crippen molar-refractivity contribution in [2.24, 2.45) is 0 Å². The Labute approximate surface area is 446 Å². The fraction of sp³-hybridized carbons (Fsp3) is 0.176. The summed E-state index contributed by atoms with van der Waals surface area (Å²) in [6, 6.07) is 71.2. The lowest BCUT2D eigenvalue weighted by molar-refractivity contribution is 0.107. The van der Waals surface area contributed by atoms with Crippen LogP contribution < -0.4 is 9.80 Å². The first-order valence-corrected chi connectivity index (χ1v) is 27.7. The van der Waals surface area contributed by atoms with Crippen molar-refractivity contribution < 1.29 is 9.47 Å². The molecule has 370 valence electrons. The lowest BCUT2D eigenvalue weighted by Gasteiger charge is -2.25. The van der Waals surface area contributed by atoms with Crippen molar-refractivity contribution in [3.8, 4) is 9.75 Å². The molecule has 2 aromatic heterocycles. The second kappa shape index (κ2) is 24.1. The van der Waals surface area contributed by atoms with Crippen molar-refractivity contribution in [3.05, 3.63) is 252 Å². The number of thiophene rings is 2. The van der Waals surface area contributed by atoms with E-state index in [1.54, 1.807) is 0 Å². The predicted molar refractivity (Wildman–Crippen MR) is 320 cm³/mol. The minimum absolute atomic E-state index is 0.530. The normalized spacial score (nSPS) is 11.3. The van der Waals surface area contributed by atoms with Crippen LogP contribution in [-0.2, 0) is 48.6 Å². The quantitative estimate of drug-likeness (QED) is 0.0596. The van der Waals surface area contributed by atoms with E-state index in [-0.39, 0.29) is 0 Å². The first-order valence-electron chi connectivity index (χ1n) is 26.1. The molecule has 0 radical (unpaired) electrons. The lowest BCUT2D eigenvalue weighted by atomic mass is 10.1. The van der Waals surface area contributed by atoms with Crippen LogP contribution in [0.25, 0.3) is 43.5 Å². The van der Waals surface area contributed by atoms with Gasteiger partial charge in [-0.3, -0.25) is 0 Å². The highest BCUT2D eigenvalue weighted by Gasteiger charge is 2.26. The van der Waals surface area contributed by atoms with E-state index in [1.165, 1.54) is 63.6 Å². The van der Waals surface area contributed by atoms with Gasteiger partial charge >= 0.3 is 0 Å². The van der Waals surface area contributed by atoms with Gasteiger partial charge in [0, 0.05) is 50.9 Å². The van der Waals surface area contributed by atoms with Crippen molar-refractivity contribution in [1.82, 2.24) is 0 Å². The molecular formula is C68H64N2O2S2. The second-order valence-corrected chi connectivity index (χ2v) is 20.9. The van der Waals surface area contributed by atoms with Gasteiger partial charge in [-0.15, -0.1) is 22.7 Å². The van der Waals surface area contributed by atoms with Crippen LogP contribution >= 0.6 is 22.7 Å². The summed E-state index contributed by atoms with van der Waals surface area (Å²) in [5.41, 5.74) is 14.2. The minimum atomic E-state index is 0.530. The molecule has 0 aliphatic heterocycles. The molecule has 0 unspecified atom stereocenters. The Hall–Kier alpha value is -7.32. The van der Waals surface area contributed by atoms with Crippen LogP contribution in [0.15, 0.2) is 207 Å². The molecule has 0 aliphatic carbocycles. The molecule has 0 saturated heterocycles. The SMILES string of the molecule is C=Cc1ccc(COCCCc2ccc(N(c3ccc(CCC)cc3)c3sc(-c4sc(N(c5ccc(CCC)cc5)c5ccc(COCc6ccc(C=C)cc6)cc5)c5ccccc45)c4ccccc34)cc2)cc1. The fourth-order valence-corrected chi connectivity index (χ4v) is 12.5. The Bertz CT molecular complexity index is 3430. The van der Waals surface area contributed by atoms with Gasteiger partial charge in [0.25, 0.3) is 0 Å². The maximum Gasteiger partial charge on any atom is 0.109 e. The van der Waals surface area contributed by atoms with Gasteiger partial charge in [-0.1, -0.05) is 198 Å². The van der Waals surface area contributed by atoms with Crippen molar-refractivity contribution in [3.63, 3.8) is 0 Å². The van der Waals surface area contributed by atoms with Gasteiger partial charge < -0.3 is 19.3 Å². The Balaban J connectivity index is 0.987. The molecule has 4 nitrogen and oxygen atoms in total. The third-order valence-electron chi connectivity index (χ3n) is 13.7. The number of ether oxygens (including phenoxy) is 2. The number of nitrogens with zero attached hydrogens (tertiary/aromatic N) is 2. The molecule has 0 bridgehead atoms. The summed E-state index contributed by atoms with van der Waals surface area (Å²) in [5.74, 6) is 0. The number of aryl methyl sites for hydroxylation is 3. The van der Waals surface area contributed by atoms with Crippen molar-refractivity contribution in [2.75, 3.05) is 16.4 Å². The average Bonchev–Trinajstić information content (AvgIpc) is 4.03. The van der Waals surface area contributed by atoms with Gasteiger partial charge in [0.1, 0.15) is 10.0 Å². The van der Waals surface area contributed by atoms with Gasteiger partial charge in [-0.2, -0.15) is 0 Å². The monoisotopic (exact) mass is 1000 g/mol. The second-order valence-electron chi connectivity index (χ2n) is 18.9. The van der Waals surface area contributed by atoms with Crippen molar-refractivity contribution in [1.29, 1.82) is 0 Å². The first kappa shape index (κ1) is 50.2.